The molecule has 2 aromatic rings. The molecule has 0 aliphatic rings. The van der Waals surface area contributed by atoms with E-state index in [2.05, 4.69) is 4.72 Å². The Labute approximate surface area is 129 Å². The second kappa shape index (κ2) is 5.79. The number of sulfonamides is 1. The highest BCUT2D eigenvalue weighted by Crippen LogP contribution is 2.20. The number of hydrogen-bond acceptors (Lipinski definition) is 5. The molecule has 0 aliphatic heterocycles. The number of sulfone groups is 1. The van der Waals surface area contributed by atoms with E-state index >= 15 is 0 Å². The summed E-state index contributed by atoms with van der Waals surface area (Å²) in [6, 6.07) is 12.9. The lowest BCUT2D eigenvalue weighted by Crippen LogP contribution is -2.13. The predicted molar refractivity (Wildman–Crippen MR) is 81.5 cm³/mol. The predicted octanol–water partition coefficient (Wildman–Crippen LogP) is 1.76. The van der Waals surface area contributed by atoms with Crippen LogP contribution in [0.5, 0.6) is 0 Å². The molecule has 0 spiro atoms. The van der Waals surface area contributed by atoms with Gasteiger partial charge in [0.05, 0.1) is 27.1 Å². The molecule has 6 nitrogen and oxygen atoms in total. The van der Waals surface area contributed by atoms with Crippen LogP contribution in [0.3, 0.4) is 0 Å². The lowest BCUT2D eigenvalue weighted by atomic mass is 10.2. The maximum atomic E-state index is 12.3. The smallest absolute Gasteiger partial charge is 0.261 e. The number of anilines is 1. The van der Waals surface area contributed by atoms with Crippen LogP contribution in [0.25, 0.3) is 0 Å². The third kappa shape index (κ3) is 3.63. The summed E-state index contributed by atoms with van der Waals surface area (Å²) in [6.07, 6.45) is 1.04. The van der Waals surface area contributed by atoms with Crippen LogP contribution >= 0.6 is 0 Å². The van der Waals surface area contributed by atoms with E-state index in [4.69, 9.17) is 5.26 Å². The van der Waals surface area contributed by atoms with E-state index in [1.165, 1.54) is 48.5 Å². The number of rotatable bonds is 4. The van der Waals surface area contributed by atoms with Crippen LogP contribution in [0.2, 0.25) is 0 Å². The van der Waals surface area contributed by atoms with Gasteiger partial charge in [0, 0.05) is 6.26 Å². The molecule has 114 valence electrons. The minimum atomic E-state index is -3.90. The molecule has 0 saturated carbocycles. The van der Waals surface area contributed by atoms with E-state index in [1.54, 1.807) is 0 Å². The fourth-order valence-corrected chi connectivity index (χ4v) is 3.50. The van der Waals surface area contributed by atoms with Gasteiger partial charge >= 0.3 is 0 Å². The van der Waals surface area contributed by atoms with E-state index in [1.807, 2.05) is 6.07 Å². The van der Waals surface area contributed by atoms with Crippen LogP contribution in [-0.4, -0.2) is 23.1 Å². The highest BCUT2D eigenvalue weighted by Gasteiger charge is 2.16. The van der Waals surface area contributed by atoms with Gasteiger partial charge in [0.2, 0.25) is 0 Å². The molecule has 2 aromatic carbocycles. The molecule has 0 radical (unpaired) electrons. The normalized spacial score (nSPS) is 11.6. The number of benzene rings is 2. The Kier molecular flexibility index (Phi) is 4.21. The van der Waals surface area contributed by atoms with Crippen LogP contribution in [-0.2, 0) is 19.9 Å². The van der Waals surface area contributed by atoms with E-state index < -0.39 is 19.9 Å². The highest BCUT2D eigenvalue weighted by atomic mass is 32.2. The molecule has 0 unspecified atom stereocenters. The van der Waals surface area contributed by atoms with Crippen LogP contribution in [0, 0.1) is 11.3 Å². The van der Waals surface area contributed by atoms with Crippen LogP contribution < -0.4 is 4.72 Å². The zero-order valence-corrected chi connectivity index (χ0v) is 13.1. The summed E-state index contributed by atoms with van der Waals surface area (Å²) in [5.74, 6) is 0. The minimum Gasteiger partial charge on any atom is -0.280 e. The third-order valence-electron chi connectivity index (χ3n) is 2.79. The maximum absolute atomic E-state index is 12.3. The Morgan fingerprint density at radius 2 is 1.59 bits per heavy atom. The number of nitrogens with zero attached hydrogens (tertiary/aromatic N) is 1. The number of nitriles is 1. The molecular formula is C14H12N2O4S2. The van der Waals surface area contributed by atoms with Gasteiger partial charge in [-0.1, -0.05) is 12.1 Å². The zero-order valence-electron chi connectivity index (χ0n) is 11.5. The number of hydrogen-bond donors (Lipinski definition) is 1. The molecule has 0 aliphatic carbocycles. The van der Waals surface area contributed by atoms with Gasteiger partial charge in [0.25, 0.3) is 10.0 Å². The third-order valence-corrected chi connectivity index (χ3v) is 5.28. The molecule has 0 amide bonds. The second-order valence-corrected chi connectivity index (χ2v) is 8.24. The van der Waals surface area contributed by atoms with E-state index in [9.17, 15) is 16.8 Å². The van der Waals surface area contributed by atoms with Gasteiger partial charge in [-0.05, 0) is 36.4 Å². The summed E-state index contributed by atoms with van der Waals surface area (Å²) >= 11 is 0. The molecule has 2 rings (SSSR count). The molecule has 0 saturated heterocycles. The summed E-state index contributed by atoms with van der Waals surface area (Å²) in [5.41, 5.74) is 0.345. The van der Waals surface area contributed by atoms with Crippen molar-refractivity contribution < 1.29 is 16.8 Å². The van der Waals surface area contributed by atoms with Gasteiger partial charge in [-0.2, -0.15) is 5.26 Å². The molecule has 8 heteroatoms. The highest BCUT2D eigenvalue weighted by molar-refractivity contribution is 7.92. The molecule has 0 heterocycles. The molecular weight excluding hydrogens is 324 g/mol. The van der Waals surface area contributed by atoms with Gasteiger partial charge in [0.15, 0.2) is 9.84 Å². The standard InChI is InChI=1S/C14H12N2O4S2/c1-21(17,18)13-6-3-5-12(9-13)16-22(19,20)14-7-2-4-11(8-14)10-15/h2-9,16H,1H3. The quantitative estimate of drug-likeness (QED) is 0.916. The van der Waals surface area contributed by atoms with Gasteiger partial charge in [-0.25, -0.2) is 16.8 Å². The Morgan fingerprint density at radius 1 is 0.955 bits per heavy atom. The summed E-state index contributed by atoms with van der Waals surface area (Å²) in [5, 5.41) is 8.81. The Balaban J connectivity index is 2.39. The summed E-state index contributed by atoms with van der Waals surface area (Å²) in [4.78, 5) is -0.0604. The zero-order chi connectivity index (χ0) is 16.4. The fourth-order valence-electron chi connectivity index (χ4n) is 1.74. The van der Waals surface area contributed by atoms with Crippen molar-refractivity contribution in [1.82, 2.24) is 0 Å². The van der Waals surface area contributed by atoms with Crippen LogP contribution in [0.4, 0.5) is 5.69 Å². The first-order chi connectivity index (χ1) is 10.2. The van der Waals surface area contributed by atoms with E-state index in [-0.39, 0.29) is 21.0 Å². The summed E-state index contributed by atoms with van der Waals surface area (Å²) < 4.78 is 49.8. The van der Waals surface area contributed by atoms with Gasteiger partial charge in [-0.15, -0.1) is 0 Å². The van der Waals surface area contributed by atoms with Crippen LogP contribution in [0.1, 0.15) is 5.56 Å². The second-order valence-electron chi connectivity index (χ2n) is 4.55. The average Bonchev–Trinajstić information content (AvgIpc) is 2.46. The van der Waals surface area contributed by atoms with E-state index in [0.29, 0.717) is 0 Å². The Morgan fingerprint density at radius 3 is 2.23 bits per heavy atom. The molecule has 1 N–H and O–H groups in total. The molecule has 22 heavy (non-hydrogen) atoms. The first-order valence-electron chi connectivity index (χ1n) is 6.05. The van der Waals surface area contributed by atoms with Gasteiger partial charge < -0.3 is 0 Å². The monoisotopic (exact) mass is 336 g/mol. The maximum Gasteiger partial charge on any atom is 0.261 e. The fraction of sp³-hybridized carbons (Fsp3) is 0.0714. The SMILES string of the molecule is CS(=O)(=O)c1cccc(NS(=O)(=O)c2cccc(C#N)c2)c1. The van der Waals surface area contributed by atoms with Gasteiger partial charge in [-0.3, -0.25) is 4.72 Å². The lowest BCUT2D eigenvalue weighted by molar-refractivity contribution is 0.599. The van der Waals surface area contributed by atoms with Crippen molar-refractivity contribution >= 4 is 25.5 Å². The van der Waals surface area contributed by atoms with Crippen molar-refractivity contribution in [3.63, 3.8) is 0 Å². The summed E-state index contributed by atoms with van der Waals surface area (Å²) in [7, 11) is -7.34. The van der Waals surface area contributed by atoms with Crippen LogP contribution in [0.15, 0.2) is 58.3 Å². The largest absolute Gasteiger partial charge is 0.280 e. The van der Waals surface area contributed by atoms with E-state index in [0.717, 1.165) is 6.26 Å². The first kappa shape index (κ1) is 16.0. The molecule has 0 fully saturated rings. The van der Waals surface area contributed by atoms with Crippen molar-refractivity contribution in [2.75, 3.05) is 11.0 Å². The average molecular weight is 336 g/mol. The topological polar surface area (TPSA) is 104 Å². The van der Waals surface area contributed by atoms with Crippen molar-refractivity contribution in [2.24, 2.45) is 0 Å². The summed E-state index contributed by atoms with van der Waals surface area (Å²) in [6.45, 7) is 0. The molecule has 0 atom stereocenters. The molecule has 0 aromatic heterocycles. The van der Waals surface area contributed by atoms with Gasteiger partial charge in [0.1, 0.15) is 0 Å². The molecule has 0 bridgehead atoms. The van der Waals surface area contributed by atoms with Crippen molar-refractivity contribution in [1.29, 1.82) is 5.26 Å². The van der Waals surface area contributed by atoms with Crippen molar-refractivity contribution in [3.05, 3.63) is 54.1 Å². The lowest BCUT2D eigenvalue weighted by Gasteiger charge is -2.09. The number of nitrogens with one attached hydrogen (secondary N) is 1. The Hall–Kier alpha value is -2.37. The minimum absolute atomic E-state index is 0.0125. The Bertz CT molecular complexity index is 958. The first-order valence-corrected chi connectivity index (χ1v) is 9.43. The van der Waals surface area contributed by atoms with Crippen molar-refractivity contribution in [2.45, 2.75) is 9.79 Å². The van der Waals surface area contributed by atoms with Crippen molar-refractivity contribution in [3.8, 4) is 6.07 Å².